The highest BCUT2D eigenvalue weighted by Gasteiger charge is 2.23. The third-order valence-corrected chi connectivity index (χ3v) is 5.02. The fourth-order valence-electron chi connectivity index (χ4n) is 3.40. The molecule has 3 aromatic rings. The molecule has 31 heavy (non-hydrogen) atoms. The van der Waals surface area contributed by atoms with Gasteiger partial charge in [0.05, 0.1) is 7.11 Å². The first-order valence-corrected chi connectivity index (χ1v) is 9.86. The molecule has 0 aromatic heterocycles. The standard InChI is InChI=1S/C25H22N2O4/c1-30-25(29)22(26)15-17-8-12-19(13-9-17)31-18-10-6-16(7-11-18)14-21-20-4-2-3-5-23(20)27-24(21)28/h2-14,22H,15,26H2,1H3,(H,27,28)/b21-14-. The summed E-state index contributed by atoms with van der Waals surface area (Å²) in [7, 11) is 1.32. The Bertz CT molecular complexity index is 1130. The lowest BCUT2D eigenvalue weighted by atomic mass is 10.0. The number of carbonyl (C=O) groups is 2. The minimum absolute atomic E-state index is 0.103. The number of anilines is 1. The van der Waals surface area contributed by atoms with Crippen LogP contribution in [0, 0.1) is 0 Å². The van der Waals surface area contributed by atoms with Crippen LogP contribution in [-0.2, 0) is 20.7 Å². The van der Waals surface area contributed by atoms with E-state index in [1.165, 1.54) is 7.11 Å². The van der Waals surface area contributed by atoms with Crippen molar-refractivity contribution in [1.82, 2.24) is 0 Å². The Balaban J connectivity index is 1.42. The summed E-state index contributed by atoms with van der Waals surface area (Å²) in [6.07, 6.45) is 2.26. The van der Waals surface area contributed by atoms with Crippen molar-refractivity contribution in [2.24, 2.45) is 5.73 Å². The van der Waals surface area contributed by atoms with Gasteiger partial charge in [0.25, 0.3) is 5.91 Å². The zero-order chi connectivity index (χ0) is 21.8. The van der Waals surface area contributed by atoms with Gasteiger partial charge in [0.2, 0.25) is 0 Å². The Morgan fingerprint density at radius 2 is 1.65 bits per heavy atom. The van der Waals surface area contributed by atoms with E-state index in [1.807, 2.05) is 78.9 Å². The van der Waals surface area contributed by atoms with Gasteiger partial charge in [-0.05, 0) is 54.0 Å². The SMILES string of the molecule is COC(=O)C(N)Cc1ccc(Oc2ccc(/C=C3\C(=O)Nc4ccccc43)cc2)cc1. The van der Waals surface area contributed by atoms with Gasteiger partial charge in [-0.25, -0.2) is 0 Å². The number of ether oxygens (including phenoxy) is 2. The minimum atomic E-state index is -0.688. The molecule has 1 amide bonds. The van der Waals surface area contributed by atoms with Crippen LogP contribution in [0.1, 0.15) is 16.7 Å². The molecule has 1 heterocycles. The van der Waals surface area contributed by atoms with E-state index >= 15 is 0 Å². The van der Waals surface area contributed by atoms with Crippen LogP contribution in [0.25, 0.3) is 11.6 Å². The summed E-state index contributed by atoms with van der Waals surface area (Å²) in [5, 5.41) is 2.87. The maximum atomic E-state index is 12.3. The first-order valence-electron chi connectivity index (χ1n) is 9.86. The lowest BCUT2D eigenvalue weighted by Gasteiger charge is -2.10. The second kappa shape index (κ2) is 8.85. The number of hydrogen-bond acceptors (Lipinski definition) is 5. The number of para-hydroxylation sites is 1. The van der Waals surface area contributed by atoms with Gasteiger partial charge >= 0.3 is 5.97 Å². The van der Waals surface area contributed by atoms with Gasteiger partial charge in [0.1, 0.15) is 17.5 Å². The maximum absolute atomic E-state index is 12.3. The molecule has 1 aliphatic heterocycles. The second-order valence-corrected chi connectivity index (χ2v) is 7.21. The average Bonchev–Trinajstić information content (AvgIpc) is 3.10. The van der Waals surface area contributed by atoms with Gasteiger partial charge in [-0.3, -0.25) is 9.59 Å². The van der Waals surface area contributed by atoms with E-state index in [2.05, 4.69) is 10.1 Å². The molecule has 4 rings (SSSR count). The van der Waals surface area contributed by atoms with Crippen LogP contribution in [0.2, 0.25) is 0 Å². The van der Waals surface area contributed by atoms with E-state index in [0.717, 1.165) is 22.4 Å². The van der Waals surface area contributed by atoms with Crippen molar-refractivity contribution in [2.45, 2.75) is 12.5 Å². The number of benzene rings is 3. The Morgan fingerprint density at radius 3 is 2.32 bits per heavy atom. The summed E-state index contributed by atoms with van der Waals surface area (Å²) in [6, 6.07) is 21.8. The predicted molar refractivity (Wildman–Crippen MR) is 120 cm³/mol. The molecule has 0 saturated carbocycles. The summed E-state index contributed by atoms with van der Waals surface area (Å²) < 4.78 is 10.5. The number of carbonyl (C=O) groups excluding carboxylic acids is 2. The number of amides is 1. The molecule has 0 bridgehead atoms. The van der Waals surface area contributed by atoms with Gasteiger partial charge in [0.15, 0.2) is 0 Å². The molecule has 0 fully saturated rings. The van der Waals surface area contributed by atoms with Crippen LogP contribution >= 0.6 is 0 Å². The molecule has 1 atom stereocenters. The highest BCUT2D eigenvalue weighted by molar-refractivity contribution is 6.34. The molecule has 6 heteroatoms. The first kappa shape index (κ1) is 20.4. The van der Waals surface area contributed by atoms with Crippen molar-refractivity contribution in [3.05, 3.63) is 89.5 Å². The number of fused-ring (bicyclic) bond motifs is 1. The summed E-state index contributed by atoms with van der Waals surface area (Å²) in [4.78, 5) is 23.7. The normalized spacial score (nSPS) is 14.6. The van der Waals surface area contributed by atoms with E-state index in [1.54, 1.807) is 0 Å². The average molecular weight is 414 g/mol. The molecule has 1 unspecified atom stereocenters. The fourth-order valence-corrected chi connectivity index (χ4v) is 3.40. The van der Waals surface area contributed by atoms with E-state index in [0.29, 0.717) is 23.5 Å². The molecule has 0 saturated heterocycles. The molecular formula is C25H22N2O4. The first-order chi connectivity index (χ1) is 15.0. The van der Waals surface area contributed by atoms with Crippen molar-refractivity contribution in [1.29, 1.82) is 0 Å². The van der Waals surface area contributed by atoms with Crippen molar-refractivity contribution in [3.8, 4) is 11.5 Å². The molecule has 156 valence electrons. The Kier molecular flexibility index (Phi) is 5.82. The zero-order valence-corrected chi connectivity index (χ0v) is 17.0. The zero-order valence-electron chi connectivity index (χ0n) is 17.0. The second-order valence-electron chi connectivity index (χ2n) is 7.21. The van der Waals surface area contributed by atoms with E-state index < -0.39 is 12.0 Å². The number of methoxy groups -OCH3 is 1. The van der Waals surface area contributed by atoms with Crippen molar-refractivity contribution < 1.29 is 19.1 Å². The number of nitrogens with one attached hydrogen (secondary N) is 1. The van der Waals surface area contributed by atoms with Crippen LogP contribution in [0.4, 0.5) is 5.69 Å². The topological polar surface area (TPSA) is 90.7 Å². The van der Waals surface area contributed by atoms with Crippen molar-refractivity contribution in [3.63, 3.8) is 0 Å². The van der Waals surface area contributed by atoms with E-state index in [4.69, 9.17) is 10.5 Å². The van der Waals surface area contributed by atoms with Gasteiger partial charge in [-0.15, -0.1) is 0 Å². The van der Waals surface area contributed by atoms with Crippen LogP contribution in [0.5, 0.6) is 11.5 Å². The molecule has 6 nitrogen and oxygen atoms in total. The number of nitrogens with two attached hydrogens (primary N) is 1. The Hall–Kier alpha value is -3.90. The van der Waals surface area contributed by atoms with E-state index in [-0.39, 0.29) is 5.91 Å². The Morgan fingerprint density at radius 1 is 1.00 bits per heavy atom. The highest BCUT2D eigenvalue weighted by atomic mass is 16.5. The molecule has 0 aliphatic carbocycles. The molecular weight excluding hydrogens is 392 g/mol. The van der Waals surface area contributed by atoms with Crippen LogP contribution in [0.15, 0.2) is 72.8 Å². The molecule has 1 aliphatic rings. The lowest BCUT2D eigenvalue weighted by molar-refractivity contribution is -0.142. The third-order valence-electron chi connectivity index (χ3n) is 5.02. The van der Waals surface area contributed by atoms with Crippen molar-refractivity contribution in [2.75, 3.05) is 12.4 Å². The lowest BCUT2D eigenvalue weighted by Crippen LogP contribution is -2.33. The molecule has 0 radical (unpaired) electrons. The summed E-state index contributed by atoms with van der Waals surface area (Å²) >= 11 is 0. The fraction of sp³-hybridized carbons (Fsp3) is 0.120. The van der Waals surface area contributed by atoms with Crippen LogP contribution in [-0.4, -0.2) is 25.0 Å². The minimum Gasteiger partial charge on any atom is -0.468 e. The van der Waals surface area contributed by atoms with Gasteiger partial charge < -0.3 is 20.5 Å². The van der Waals surface area contributed by atoms with Crippen LogP contribution in [0.3, 0.4) is 0 Å². The van der Waals surface area contributed by atoms with Gasteiger partial charge in [-0.2, -0.15) is 0 Å². The number of rotatable bonds is 6. The number of esters is 1. The van der Waals surface area contributed by atoms with Gasteiger partial charge in [-0.1, -0.05) is 42.5 Å². The van der Waals surface area contributed by atoms with Gasteiger partial charge in [0, 0.05) is 16.8 Å². The Labute approximate surface area is 180 Å². The monoisotopic (exact) mass is 414 g/mol. The molecule has 3 aromatic carbocycles. The summed E-state index contributed by atoms with van der Waals surface area (Å²) in [5.74, 6) is 0.811. The summed E-state index contributed by atoms with van der Waals surface area (Å²) in [5.41, 5.74) is 9.99. The maximum Gasteiger partial charge on any atom is 0.322 e. The summed E-state index contributed by atoms with van der Waals surface area (Å²) in [6.45, 7) is 0. The largest absolute Gasteiger partial charge is 0.468 e. The van der Waals surface area contributed by atoms with E-state index in [9.17, 15) is 9.59 Å². The molecule has 3 N–H and O–H groups in total. The van der Waals surface area contributed by atoms with Crippen molar-refractivity contribution >= 4 is 29.2 Å². The highest BCUT2D eigenvalue weighted by Crippen LogP contribution is 2.33. The quantitative estimate of drug-likeness (QED) is 0.470. The number of hydrogen-bond donors (Lipinski definition) is 2. The predicted octanol–water partition coefficient (Wildman–Crippen LogP) is 4.01. The third kappa shape index (κ3) is 4.65. The smallest absolute Gasteiger partial charge is 0.322 e. The molecule has 0 spiro atoms. The van der Waals surface area contributed by atoms with Crippen LogP contribution < -0.4 is 15.8 Å².